The van der Waals surface area contributed by atoms with E-state index in [-0.39, 0.29) is 24.5 Å². The fraction of sp³-hybridized carbons (Fsp3) is 0.769. The molecule has 4 N–H and O–H groups in total. The first kappa shape index (κ1) is 17.2. The summed E-state index contributed by atoms with van der Waals surface area (Å²) < 4.78 is 5.53. The molecule has 0 saturated carbocycles. The highest BCUT2D eigenvalue weighted by Crippen LogP contribution is 2.23. The molecule has 2 atom stereocenters. The zero-order valence-corrected chi connectivity index (χ0v) is 12.2. The first-order chi connectivity index (χ1) is 9.69. The van der Waals surface area contributed by atoms with Gasteiger partial charge in [-0.15, -0.1) is 0 Å². The van der Waals surface area contributed by atoms with Crippen molar-refractivity contribution in [2.24, 2.45) is 0 Å². The van der Waals surface area contributed by atoms with Crippen LogP contribution in [0.3, 0.4) is 0 Å². The van der Waals surface area contributed by atoms with Crippen molar-refractivity contribution >= 4 is 18.0 Å². The first-order valence-corrected chi connectivity index (χ1v) is 6.85. The highest BCUT2D eigenvalue weighted by atomic mass is 16.5. The summed E-state index contributed by atoms with van der Waals surface area (Å²) in [6, 6.07) is -1.91. The topological polar surface area (TPSA) is 125 Å². The smallest absolute Gasteiger partial charge is 0.326 e. The van der Waals surface area contributed by atoms with Crippen LogP contribution in [0.2, 0.25) is 0 Å². The number of aliphatic carboxylic acids is 2. The molecule has 1 fully saturated rings. The lowest BCUT2D eigenvalue weighted by Crippen LogP contribution is -2.52. The molecule has 2 unspecified atom stereocenters. The Bertz CT molecular complexity index is 409. The third kappa shape index (κ3) is 6.44. The number of carboxylic acid groups (broad SMARTS) is 2. The summed E-state index contributed by atoms with van der Waals surface area (Å²) in [5, 5.41) is 22.5. The van der Waals surface area contributed by atoms with Crippen LogP contribution in [0.25, 0.3) is 0 Å². The molecule has 8 heteroatoms. The molecule has 0 spiro atoms. The number of carbonyl (C=O) groups is 3. The highest BCUT2D eigenvalue weighted by Gasteiger charge is 2.30. The largest absolute Gasteiger partial charge is 0.481 e. The Morgan fingerprint density at radius 1 is 1.33 bits per heavy atom. The van der Waals surface area contributed by atoms with Gasteiger partial charge in [-0.25, -0.2) is 9.59 Å². The summed E-state index contributed by atoms with van der Waals surface area (Å²) >= 11 is 0. The van der Waals surface area contributed by atoms with Crippen LogP contribution >= 0.6 is 0 Å². The predicted molar refractivity (Wildman–Crippen MR) is 73.0 cm³/mol. The van der Waals surface area contributed by atoms with E-state index < -0.39 is 24.0 Å². The fourth-order valence-electron chi connectivity index (χ4n) is 2.27. The number of urea groups is 1. The number of carbonyl (C=O) groups excluding carboxylic acids is 1. The van der Waals surface area contributed by atoms with Crippen LogP contribution in [0.4, 0.5) is 4.79 Å². The molecule has 0 aromatic rings. The fourth-order valence-corrected chi connectivity index (χ4v) is 2.27. The first-order valence-electron chi connectivity index (χ1n) is 6.85. The van der Waals surface area contributed by atoms with E-state index in [1.54, 1.807) is 0 Å². The third-order valence-corrected chi connectivity index (χ3v) is 3.28. The maximum absolute atomic E-state index is 11.8. The second-order valence-electron chi connectivity index (χ2n) is 5.74. The number of hydrogen-bond donors (Lipinski definition) is 4. The monoisotopic (exact) mass is 302 g/mol. The summed E-state index contributed by atoms with van der Waals surface area (Å²) in [5.74, 6) is -2.35. The average molecular weight is 302 g/mol. The van der Waals surface area contributed by atoms with Gasteiger partial charge < -0.3 is 25.6 Å². The molecule has 0 aliphatic carbocycles. The lowest BCUT2D eigenvalue weighted by molar-refractivity contribution is -0.140. The van der Waals surface area contributed by atoms with E-state index in [0.717, 1.165) is 0 Å². The van der Waals surface area contributed by atoms with Gasteiger partial charge in [-0.3, -0.25) is 4.79 Å². The number of ether oxygens (including phenoxy) is 1. The molecule has 0 aromatic carbocycles. The molecule has 1 aliphatic rings. The SMILES string of the molecule is CC1(C)CC(NC(=O)NC(CCC(=O)O)C(=O)O)CCO1. The number of hydrogen-bond acceptors (Lipinski definition) is 4. The van der Waals surface area contributed by atoms with Crippen molar-refractivity contribution in [3.63, 3.8) is 0 Å². The number of nitrogens with one attached hydrogen (secondary N) is 2. The Hall–Kier alpha value is -1.83. The van der Waals surface area contributed by atoms with Crippen molar-refractivity contribution in [3.05, 3.63) is 0 Å². The maximum Gasteiger partial charge on any atom is 0.326 e. The summed E-state index contributed by atoms with van der Waals surface area (Å²) in [4.78, 5) is 33.3. The summed E-state index contributed by atoms with van der Waals surface area (Å²) in [7, 11) is 0. The van der Waals surface area contributed by atoms with Crippen LogP contribution in [0, 0.1) is 0 Å². The van der Waals surface area contributed by atoms with Gasteiger partial charge in [0, 0.05) is 19.1 Å². The Balaban J connectivity index is 2.46. The molecule has 1 heterocycles. The molecule has 21 heavy (non-hydrogen) atoms. The van der Waals surface area contributed by atoms with E-state index in [1.165, 1.54) is 0 Å². The standard InChI is InChI=1S/C13H22N2O6/c1-13(2)7-8(5-6-21-13)14-12(20)15-9(11(18)19)3-4-10(16)17/h8-9H,3-7H2,1-2H3,(H,16,17)(H,18,19)(H2,14,15,20). The van der Waals surface area contributed by atoms with Gasteiger partial charge in [0.15, 0.2) is 0 Å². The molecular weight excluding hydrogens is 280 g/mol. The number of amides is 2. The molecule has 1 aliphatic heterocycles. The van der Waals surface area contributed by atoms with Crippen LogP contribution in [0.15, 0.2) is 0 Å². The lowest BCUT2D eigenvalue weighted by Gasteiger charge is -2.35. The van der Waals surface area contributed by atoms with Gasteiger partial charge in [0.1, 0.15) is 6.04 Å². The van der Waals surface area contributed by atoms with Gasteiger partial charge in [-0.2, -0.15) is 0 Å². The Labute approximate surface area is 122 Å². The molecule has 0 radical (unpaired) electrons. The van der Waals surface area contributed by atoms with Gasteiger partial charge in [-0.1, -0.05) is 0 Å². The van der Waals surface area contributed by atoms with Crippen molar-refractivity contribution in [1.82, 2.24) is 10.6 Å². The minimum Gasteiger partial charge on any atom is -0.481 e. The van der Waals surface area contributed by atoms with Crippen molar-refractivity contribution in [2.75, 3.05) is 6.61 Å². The van der Waals surface area contributed by atoms with Gasteiger partial charge in [0.2, 0.25) is 0 Å². The number of carboxylic acids is 2. The average Bonchev–Trinajstić information content (AvgIpc) is 2.32. The highest BCUT2D eigenvalue weighted by molar-refractivity contribution is 5.83. The normalized spacial score (nSPS) is 22.1. The molecule has 2 amide bonds. The Morgan fingerprint density at radius 3 is 2.52 bits per heavy atom. The Morgan fingerprint density at radius 2 is 2.00 bits per heavy atom. The molecular formula is C13H22N2O6. The van der Waals surface area contributed by atoms with Gasteiger partial charge in [-0.05, 0) is 33.1 Å². The molecule has 120 valence electrons. The molecule has 1 saturated heterocycles. The second-order valence-corrected chi connectivity index (χ2v) is 5.74. The zero-order valence-electron chi connectivity index (χ0n) is 12.2. The summed E-state index contributed by atoms with van der Waals surface area (Å²) in [6.07, 6.45) is 0.815. The summed E-state index contributed by atoms with van der Waals surface area (Å²) in [6.45, 7) is 4.37. The second kappa shape index (κ2) is 7.26. The van der Waals surface area contributed by atoms with E-state index in [2.05, 4.69) is 10.6 Å². The van der Waals surface area contributed by atoms with E-state index in [1.807, 2.05) is 13.8 Å². The van der Waals surface area contributed by atoms with Gasteiger partial charge in [0.25, 0.3) is 0 Å². The quantitative estimate of drug-likeness (QED) is 0.568. The maximum atomic E-state index is 11.8. The molecule has 0 bridgehead atoms. The van der Waals surface area contributed by atoms with E-state index in [0.29, 0.717) is 19.4 Å². The van der Waals surface area contributed by atoms with Crippen LogP contribution in [0.5, 0.6) is 0 Å². The van der Waals surface area contributed by atoms with E-state index in [9.17, 15) is 14.4 Å². The van der Waals surface area contributed by atoms with Crippen LogP contribution in [-0.4, -0.2) is 52.5 Å². The van der Waals surface area contributed by atoms with Gasteiger partial charge >= 0.3 is 18.0 Å². The third-order valence-electron chi connectivity index (χ3n) is 3.28. The Kier molecular flexibility index (Phi) is 5.95. The van der Waals surface area contributed by atoms with Crippen LogP contribution in [0.1, 0.15) is 39.5 Å². The molecule has 0 aromatic heterocycles. The molecule has 1 rings (SSSR count). The number of rotatable bonds is 6. The van der Waals surface area contributed by atoms with Crippen molar-refractivity contribution < 1.29 is 29.3 Å². The van der Waals surface area contributed by atoms with Gasteiger partial charge in [0.05, 0.1) is 5.60 Å². The van der Waals surface area contributed by atoms with E-state index in [4.69, 9.17) is 14.9 Å². The minimum atomic E-state index is -1.25. The predicted octanol–water partition coefficient (Wildman–Crippen LogP) is 0.561. The summed E-state index contributed by atoms with van der Waals surface area (Å²) in [5.41, 5.74) is -0.328. The van der Waals surface area contributed by atoms with Crippen LogP contribution < -0.4 is 10.6 Å². The zero-order chi connectivity index (χ0) is 16.0. The van der Waals surface area contributed by atoms with Crippen molar-refractivity contribution in [1.29, 1.82) is 0 Å². The van der Waals surface area contributed by atoms with Crippen molar-refractivity contribution in [2.45, 2.75) is 57.2 Å². The molecule has 8 nitrogen and oxygen atoms in total. The minimum absolute atomic E-state index is 0.0948. The van der Waals surface area contributed by atoms with Crippen molar-refractivity contribution in [3.8, 4) is 0 Å². The van der Waals surface area contributed by atoms with E-state index >= 15 is 0 Å². The van der Waals surface area contributed by atoms with Crippen LogP contribution in [-0.2, 0) is 14.3 Å². The lowest BCUT2D eigenvalue weighted by atomic mass is 9.94.